The lowest BCUT2D eigenvalue weighted by molar-refractivity contribution is -0.928. The highest BCUT2D eigenvalue weighted by Crippen LogP contribution is 1.98. The monoisotopic (exact) mass is 284 g/mol. The van der Waals surface area contributed by atoms with Gasteiger partial charge in [-0.2, -0.15) is 0 Å². The molecule has 1 unspecified atom stereocenters. The summed E-state index contributed by atoms with van der Waals surface area (Å²) in [5.41, 5.74) is 0. The van der Waals surface area contributed by atoms with Crippen LogP contribution in [0.1, 0.15) is 19.1 Å². The van der Waals surface area contributed by atoms with Gasteiger partial charge in [0.25, 0.3) is 0 Å². The number of ether oxygens (including phenoxy) is 1. The molecule has 0 amide bonds. The van der Waals surface area contributed by atoms with Gasteiger partial charge in [-0.05, 0) is 37.7 Å². The van der Waals surface area contributed by atoms with E-state index in [-0.39, 0.29) is 0 Å². The van der Waals surface area contributed by atoms with E-state index >= 15 is 0 Å². The van der Waals surface area contributed by atoms with E-state index in [0.29, 0.717) is 0 Å². The third-order valence-electron chi connectivity index (χ3n) is 3.12. The van der Waals surface area contributed by atoms with Crippen molar-refractivity contribution in [1.29, 1.82) is 0 Å². The van der Waals surface area contributed by atoms with E-state index in [9.17, 15) is 0 Å². The molecule has 5 nitrogen and oxygen atoms in total. The largest absolute Gasteiger partial charge is 0.463 e. The number of thiocarbonyl (C=S) groups is 1. The molecular formula is C13H22N3O2S+. The smallest absolute Gasteiger partial charge is 0.177 e. The van der Waals surface area contributed by atoms with Crippen molar-refractivity contribution in [1.82, 2.24) is 10.2 Å². The normalized spacial score (nSPS) is 19.5. The van der Waals surface area contributed by atoms with Crippen LogP contribution in [0.4, 0.5) is 0 Å². The second-order valence-electron chi connectivity index (χ2n) is 4.64. The molecule has 0 radical (unpaired) electrons. The Bertz CT molecular complexity index is 383. The molecule has 1 saturated heterocycles. The molecule has 106 valence electrons. The Labute approximate surface area is 119 Å². The first kappa shape index (κ1) is 14.3. The number of quaternary nitrogens is 1. The zero-order valence-corrected chi connectivity index (χ0v) is 12.2. The summed E-state index contributed by atoms with van der Waals surface area (Å²) in [7, 11) is 0. The fourth-order valence-corrected chi connectivity index (χ4v) is 2.40. The van der Waals surface area contributed by atoms with Crippen LogP contribution in [0.15, 0.2) is 22.8 Å². The summed E-state index contributed by atoms with van der Waals surface area (Å²) in [5.74, 6) is 1.01. The second kappa shape index (κ2) is 7.47. The summed E-state index contributed by atoms with van der Waals surface area (Å²) in [4.78, 5) is 3.61. The first-order valence-electron chi connectivity index (χ1n) is 6.76. The van der Waals surface area contributed by atoms with E-state index in [1.807, 2.05) is 19.1 Å². The maximum atomic E-state index is 5.39. The number of rotatable bonds is 7. The number of nitrogens with zero attached hydrogens (tertiary/aromatic N) is 1. The predicted octanol–water partition coefficient (Wildman–Crippen LogP) is 0.196. The van der Waals surface area contributed by atoms with Gasteiger partial charge in [0.05, 0.1) is 6.26 Å². The van der Waals surface area contributed by atoms with E-state index in [2.05, 4.69) is 10.2 Å². The van der Waals surface area contributed by atoms with Crippen molar-refractivity contribution in [2.45, 2.75) is 19.9 Å². The lowest BCUT2D eigenvalue weighted by Crippen LogP contribution is -3.16. The minimum atomic E-state index is 0.776. The van der Waals surface area contributed by atoms with Gasteiger partial charge in [0, 0.05) is 19.8 Å². The Kier molecular flexibility index (Phi) is 5.62. The fraction of sp³-hybridized carbons (Fsp3) is 0.615. The van der Waals surface area contributed by atoms with Crippen LogP contribution in [0.25, 0.3) is 0 Å². The van der Waals surface area contributed by atoms with Crippen molar-refractivity contribution in [3.63, 3.8) is 0 Å². The third-order valence-corrected chi connectivity index (χ3v) is 3.52. The Balaban J connectivity index is 1.77. The van der Waals surface area contributed by atoms with Crippen molar-refractivity contribution in [2.24, 2.45) is 0 Å². The molecule has 0 spiro atoms. The highest BCUT2D eigenvalue weighted by atomic mass is 32.1. The van der Waals surface area contributed by atoms with Gasteiger partial charge in [0.15, 0.2) is 24.2 Å². The van der Waals surface area contributed by atoms with Gasteiger partial charge >= 0.3 is 0 Å². The average molecular weight is 284 g/mol. The van der Waals surface area contributed by atoms with E-state index < -0.39 is 0 Å². The van der Waals surface area contributed by atoms with Crippen molar-refractivity contribution < 1.29 is 14.1 Å². The highest BCUT2D eigenvalue weighted by Gasteiger charge is 2.23. The van der Waals surface area contributed by atoms with E-state index in [0.717, 1.165) is 56.9 Å². The molecular weight excluding hydrogens is 262 g/mol. The first-order chi connectivity index (χ1) is 9.29. The van der Waals surface area contributed by atoms with Crippen LogP contribution in [0, 0.1) is 0 Å². The van der Waals surface area contributed by atoms with Crippen LogP contribution >= 0.6 is 12.2 Å². The third kappa shape index (κ3) is 4.49. The van der Waals surface area contributed by atoms with Crippen LogP contribution in [0.3, 0.4) is 0 Å². The summed E-state index contributed by atoms with van der Waals surface area (Å²) in [6, 6.07) is 3.94. The predicted molar refractivity (Wildman–Crippen MR) is 76.7 cm³/mol. The average Bonchev–Trinajstić information content (AvgIpc) is 2.91. The molecule has 1 aliphatic rings. The molecule has 0 bridgehead atoms. The highest BCUT2D eigenvalue weighted by molar-refractivity contribution is 7.80. The van der Waals surface area contributed by atoms with Gasteiger partial charge in [-0.25, -0.2) is 0 Å². The second-order valence-corrected chi connectivity index (χ2v) is 5.02. The molecule has 0 aromatic carbocycles. The van der Waals surface area contributed by atoms with E-state index in [1.165, 1.54) is 4.90 Å². The summed E-state index contributed by atoms with van der Waals surface area (Å²) < 4.78 is 10.8. The lowest BCUT2D eigenvalue weighted by atomic mass is 10.4. The quantitative estimate of drug-likeness (QED) is 0.553. The van der Waals surface area contributed by atoms with E-state index in [4.69, 9.17) is 21.4 Å². The summed E-state index contributed by atoms with van der Waals surface area (Å²) in [6.07, 6.45) is 2.72. The number of furan rings is 1. The van der Waals surface area contributed by atoms with Crippen molar-refractivity contribution >= 4 is 17.3 Å². The molecule has 1 atom stereocenters. The molecule has 1 fully saturated rings. The van der Waals surface area contributed by atoms with Crippen molar-refractivity contribution in [2.75, 3.05) is 33.1 Å². The minimum Gasteiger partial charge on any atom is -0.463 e. The van der Waals surface area contributed by atoms with Gasteiger partial charge in [-0.3, -0.25) is 4.90 Å². The van der Waals surface area contributed by atoms with Gasteiger partial charge in [0.1, 0.15) is 6.54 Å². The number of nitrogens with one attached hydrogen (secondary N) is 2. The van der Waals surface area contributed by atoms with Crippen molar-refractivity contribution in [3.05, 3.63) is 24.2 Å². The minimum absolute atomic E-state index is 0.776. The summed E-state index contributed by atoms with van der Waals surface area (Å²) in [6.45, 7) is 7.17. The topological polar surface area (TPSA) is 42.1 Å². The van der Waals surface area contributed by atoms with Crippen molar-refractivity contribution in [3.8, 4) is 0 Å². The van der Waals surface area contributed by atoms with Crippen LogP contribution in [-0.4, -0.2) is 43.1 Å². The molecule has 1 aromatic heterocycles. The Hall–Kier alpha value is -1.11. The maximum absolute atomic E-state index is 5.39. The van der Waals surface area contributed by atoms with Crippen LogP contribution in [-0.2, 0) is 11.3 Å². The molecule has 19 heavy (non-hydrogen) atoms. The summed E-state index contributed by atoms with van der Waals surface area (Å²) in [5, 5.41) is 4.12. The maximum Gasteiger partial charge on any atom is 0.177 e. The molecule has 1 aliphatic heterocycles. The zero-order valence-electron chi connectivity index (χ0n) is 11.4. The molecule has 0 saturated carbocycles. The van der Waals surface area contributed by atoms with Gasteiger partial charge < -0.3 is 19.4 Å². The van der Waals surface area contributed by atoms with Gasteiger partial charge in [-0.1, -0.05) is 0 Å². The summed E-state index contributed by atoms with van der Waals surface area (Å²) >= 11 is 5.34. The molecule has 0 aliphatic carbocycles. The van der Waals surface area contributed by atoms with E-state index in [1.54, 1.807) is 6.26 Å². The molecule has 6 heteroatoms. The molecule has 2 rings (SSSR count). The SMILES string of the molecule is CCOCCCN1C[NH+](Cc2ccco2)CNC1=S. The lowest BCUT2D eigenvalue weighted by Gasteiger charge is -2.34. The molecule has 1 aromatic rings. The number of hydrogen-bond acceptors (Lipinski definition) is 3. The van der Waals surface area contributed by atoms with Gasteiger partial charge in [0.2, 0.25) is 0 Å². The van der Waals surface area contributed by atoms with Gasteiger partial charge in [-0.15, -0.1) is 0 Å². The number of hydrogen-bond donors (Lipinski definition) is 2. The van der Waals surface area contributed by atoms with Crippen LogP contribution < -0.4 is 10.2 Å². The zero-order chi connectivity index (χ0) is 13.5. The fourth-order valence-electron chi connectivity index (χ4n) is 2.17. The Morgan fingerprint density at radius 1 is 1.58 bits per heavy atom. The molecule has 2 N–H and O–H groups in total. The molecule has 2 heterocycles. The first-order valence-corrected chi connectivity index (χ1v) is 7.17. The Morgan fingerprint density at radius 2 is 2.47 bits per heavy atom. The Morgan fingerprint density at radius 3 is 3.21 bits per heavy atom. The van der Waals surface area contributed by atoms with Crippen LogP contribution in [0.2, 0.25) is 0 Å². The van der Waals surface area contributed by atoms with Crippen LogP contribution in [0.5, 0.6) is 0 Å². The standard InChI is InChI=1S/C13H21N3O2S/c1-2-17-7-4-6-16-11-15(10-14-13(16)19)9-12-5-3-8-18-12/h3,5,8H,2,4,6-7,9-11H2,1H3,(H,14,19)/p+1.